The van der Waals surface area contributed by atoms with Gasteiger partial charge in [0.15, 0.2) is 0 Å². The van der Waals surface area contributed by atoms with E-state index < -0.39 is 26.1 Å². The van der Waals surface area contributed by atoms with Crippen LogP contribution < -0.4 is 39.9 Å². The van der Waals surface area contributed by atoms with E-state index in [1.165, 1.54) is 46.9 Å². The van der Waals surface area contributed by atoms with E-state index in [-0.39, 0.29) is 19.5 Å². The van der Waals surface area contributed by atoms with Crippen LogP contribution in [0.5, 0.6) is 0 Å². The summed E-state index contributed by atoms with van der Waals surface area (Å²) in [4.78, 5) is 0. The second-order valence-electron chi connectivity index (χ2n) is 10.0. The first-order valence-electron chi connectivity index (χ1n) is 14.5. The summed E-state index contributed by atoms with van der Waals surface area (Å²) in [5.74, 6) is 0. The van der Waals surface area contributed by atoms with Gasteiger partial charge in [0.1, 0.15) is 0 Å². The monoisotopic (exact) mass is 736 g/mol. The number of halogens is 1. The number of hydrogen-bond donors (Lipinski definition) is 0. The zero-order chi connectivity index (χ0) is 30.9. The Morgan fingerprint density at radius 3 is 0.795 bits per heavy atom. The first kappa shape index (κ1) is 38.7. The van der Waals surface area contributed by atoms with Gasteiger partial charge in [0.05, 0.1) is 0 Å². The van der Waals surface area contributed by atoms with Gasteiger partial charge in [-0.3, -0.25) is 0 Å². The second kappa shape index (κ2) is 21.3. The van der Waals surface area contributed by atoms with Crippen LogP contribution >= 0.6 is 15.8 Å². The topological polar surface area (TPSA) is 92.2 Å². The molecule has 8 heteroatoms. The third-order valence-corrected chi connectivity index (χ3v) is 13.2. The normalized spacial score (nSPS) is 14.8. The maximum atomic E-state index is 8.49. The van der Waals surface area contributed by atoms with Crippen molar-refractivity contribution in [3.63, 3.8) is 0 Å². The fraction of sp³-hybridized carbons (Fsp3) is 0.222. The molecule has 1 saturated carbocycles. The molecule has 4 aromatic carbocycles. The zero-order valence-electron chi connectivity index (χ0n) is 25.1. The summed E-state index contributed by atoms with van der Waals surface area (Å²) in [6.45, 7) is 4.94. The molecular formula is C36H40ClO4P2Rh+. The van der Waals surface area contributed by atoms with Crippen molar-refractivity contribution in [2.24, 2.45) is 0 Å². The van der Waals surface area contributed by atoms with Crippen molar-refractivity contribution in [2.45, 2.75) is 50.8 Å². The van der Waals surface area contributed by atoms with E-state index in [4.69, 9.17) is 18.6 Å². The van der Waals surface area contributed by atoms with E-state index >= 15 is 0 Å². The zero-order valence-corrected chi connectivity index (χ0v) is 29.3. The van der Waals surface area contributed by atoms with Crippen molar-refractivity contribution in [3.05, 3.63) is 147 Å². The van der Waals surface area contributed by atoms with Crippen LogP contribution in [-0.4, -0.2) is 11.3 Å². The Hall–Kier alpha value is -1.51. The van der Waals surface area contributed by atoms with Gasteiger partial charge in [-0.05, 0) is 99.7 Å². The molecule has 0 aliphatic heterocycles. The molecule has 1 aliphatic carbocycles. The standard InChI is InChI=1S/C28H28P2.C8H12.ClHO4.Rh/c1-23(29(25-15-7-3-8-16-25)26-17-9-4-10-18-26)24(2)30(27-19-11-5-12-20-27)28-21-13-6-14-22-28;1-2-4-6-8-7-5-3-1;2-1(3,4)5;/h3-24H,1-2H3;1-2,7-8H,3-6H2;(H,2,3,4,5);/q;;;+2/p-1/t23-,24-;;;/m0.../s1. The van der Waals surface area contributed by atoms with Crippen molar-refractivity contribution < 1.29 is 48.4 Å². The van der Waals surface area contributed by atoms with Crippen LogP contribution in [0, 0.1) is 35.9 Å². The molecule has 0 heterocycles. The van der Waals surface area contributed by atoms with Crippen molar-refractivity contribution in [1.82, 2.24) is 0 Å². The molecule has 0 spiro atoms. The van der Waals surface area contributed by atoms with Crippen molar-refractivity contribution in [2.75, 3.05) is 0 Å². The first-order chi connectivity index (χ1) is 20.8. The number of rotatable bonds is 7. The number of hydrogen-bond acceptors (Lipinski definition) is 4. The van der Waals surface area contributed by atoms with Crippen LogP contribution in [0.1, 0.15) is 39.5 Å². The average molecular weight is 737 g/mol. The van der Waals surface area contributed by atoms with E-state index in [2.05, 4.69) is 161 Å². The third-order valence-electron chi connectivity index (χ3n) is 6.98. The Labute approximate surface area is 282 Å². The fourth-order valence-electron chi connectivity index (χ4n) is 4.88. The summed E-state index contributed by atoms with van der Waals surface area (Å²) < 4.78 is 34.0. The summed E-state index contributed by atoms with van der Waals surface area (Å²) in [5, 5.41) is 5.87. The molecule has 2 atom stereocenters. The van der Waals surface area contributed by atoms with Crippen LogP contribution in [0.4, 0.5) is 0 Å². The molecule has 233 valence electrons. The predicted octanol–water partition coefficient (Wildman–Crippen LogP) is 3.65. The van der Waals surface area contributed by atoms with Gasteiger partial charge in [-0.1, -0.05) is 135 Å². The van der Waals surface area contributed by atoms with Crippen LogP contribution in [-0.2, 0) is 19.5 Å². The van der Waals surface area contributed by atoms with Gasteiger partial charge in [0.25, 0.3) is 0 Å². The molecular weight excluding hydrogens is 697 g/mol. The maximum absolute atomic E-state index is 8.49. The van der Waals surface area contributed by atoms with Gasteiger partial charge in [-0.2, -0.15) is 0 Å². The van der Waals surface area contributed by atoms with E-state index in [1.54, 1.807) is 0 Å². The molecule has 0 amide bonds. The molecule has 0 bridgehead atoms. The third kappa shape index (κ3) is 14.3. The molecule has 44 heavy (non-hydrogen) atoms. The van der Waals surface area contributed by atoms with E-state index in [9.17, 15) is 0 Å². The van der Waals surface area contributed by atoms with Gasteiger partial charge in [0.2, 0.25) is 0 Å². The van der Waals surface area contributed by atoms with E-state index in [0.717, 1.165) is 0 Å². The predicted molar refractivity (Wildman–Crippen MR) is 173 cm³/mol. The Kier molecular flexibility index (Phi) is 18.7. The summed E-state index contributed by atoms with van der Waals surface area (Å²) in [6.07, 6.45) is 14.0. The average Bonchev–Trinajstić information content (AvgIpc) is 2.99. The molecule has 0 unspecified atom stereocenters. The fourth-order valence-corrected chi connectivity index (χ4v) is 11.0. The summed E-state index contributed by atoms with van der Waals surface area (Å²) in [5.41, 5.74) is 1.10. The molecule has 5 radical (unpaired) electrons. The van der Waals surface area contributed by atoms with Crippen LogP contribution in [0.15, 0.2) is 121 Å². The van der Waals surface area contributed by atoms with E-state index in [0.29, 0.717) is 11.3 Å². The Bertz CT molecular complexity index is 1070. The quantitative estimate of drug-likeness (QED) is 0.214. The minimum Gasteiger partial charge on any atom is -0.222 e. The first-order valence-corrected chi connectivity index (χ1v) is 18.5. The van der Waals surface area contributed by atoms with Crippen molar-refractivity contribution in [1.29, 1.82) is 0 Å². The molecule has 5 rings (SSSR count). The molecule has 4 nitrogen and oxygen atoms in total. The van der Waals surface area contributed by atoms with Gasteiger partial charge in [-0.25, -0.2) is 18.6 Å². The molecule has 0 N–H and O–H groups in total. The van der Waals surface area contributed by atoms with Crippen LogP contribution in [0.2, 0.25) is 0 Å². The minimum absolute atomic E-state index is 0. The minimum atomic E-state index is -4.94. The van der Waals surface area contributed by atoms with Gasteiger partial charge in [0, 0.05) is 0 Å². The molecule has 1 fully saturated rings. The largest absolute Gasteiger partial charge is 2.00 e. The number of benzene rings is 4. The van der Waals surface area contributed by atoms with Gasteiger partial charge < -0.3 is 0 Å². The molecule has 4 aromatic rings. The Morgan fingerprint density at radius 1 is 0.432 bits per heavy atom. The summed E-state index contributed by atoms with van der Waals surface area (Å²) in [7, 11) is -5.84. The summed E-state index contributed by atoms with van der Waals surface area (Å²) >= 11 is 0. The van der Waals surface area contributed by atoms with Crippen molar-refractivity contribution >= 4 is 37.1 Å². The van der Waals surface area contributed by atoms with Gasteiger partial charge >= 0.3 is 19.5 Å². The van der Waals surface area contributed by atoms with Crippen LogP contribution in [0.25, 0.3) is 0 Å². The van der Waals surface area contributed by atoms with Gasteiger partial charge in [-0.15, -0.1) is 10.2 Å². The molecule has 0 saturated heterocycles. The Morgan fingerprint density at radius 2 is 0.614 bits per heavy atom. The van der Waals surface area contributed by atoms with Crippen LogP contribution in [0.3, 0.4) is 0 Å². The summed E-state index contributed by atoms with van der Waals surface area (Å²) in [6, 6.07) is 44.5. The van der Waals surface area contributed by atoms with Crippen molar-refractivity contribution in [3.8, 4) is 0 Å². The van der Waals surface area contributed by atoms with E-state index in [1.807, 2.05) is 0 Å². The smallest absolute Gasteiger partial charge is 0.222 e. The Balaban J connectivity index is 0.000000402. The second-order valence-corrected chi connectivity index (χ2v) is 16.0. The SMILES string of the molecule is C[C@@H]([C@H](C)P(c1ccccc1)c1ccccc1)P(c1ccccc1)c1ccccc1.[CH]1[CH]CC[CH][CH]CC1.[O-][Cl+3]([O-])([O-])[O-].[Rh+2]. The maximum Gasteiger partial charge on any atom is 2.00 e. The molecule has 0 aromatic heterocycles. The molecule has 1 aliphatic rings.